The topological polar surface area (TPSA) is 46.2 Å². The van der Waals surface area contributed by atoms with Gasteiger partial charge in [0.25, 0.3) is 0 Å². The van der Waals surface area contributed by atoms with Gasteiger partial charge in [0.05, 0.1) is 0 Å². The van der Waals surface area contributed by atoms with Gasteiger partial charge >= 0.3 is 0 Å². The van der Waals surface area contributed by atoms with Crippen LogP contribution < -0.4 is 4.72 Å². The smallest absolute Gasteiger partial charge is 0.209 e. The molecule has 0 aliphatic heterocycles. The van der Waals surface area contributed by atoms with Crippen LogP contribution in [0.5, 0.6) is 0 Å². The molecule has 1 unspecified atom stereocenters. The molecule has 0 aromatic heterocycles. The van der Waals surface area contributed by atoms with Crippen LogP contribution in [0.2, 0.25) is 0 Å². The summed E-state index contributed by atoms with van der Waals surface area (Å²) in [6, 6.07) is 0.621. The lowest BCUT2D eigenvalue weighted by Gasteiger charge is -2.22. The summed E-state index contributed by atoms with van der Waals surface area (Å²) < 4.78 is 65.5. The molecule has 0 spiro atoms. The third-order valence-electron chi connectivity index (χ3n) is 2.56. The second-order valence-electron chi connectivity index (χ2n) is 5.91. The van der Waals surface area contributed by atoms with Crippen molar-refractivity contribution in [2.75, 3.05) is 6.54 Å². The zero-order chi connectivity index (χ0) is 16.4. The average molecular weight is 344 g/mol. The maximum atomic E-state index is 13.5. The van der Waals surface area contributed by atoms with E-state index in [-0.39, 0.29) is 12.0 Å². The zero-order valence-corrected chi connectivity index (χ0v) is 13.5. The van der Waals surface area contributed by atoms with Crippen molar-refractivity contribution in [2.24, 2.45) is 5.41 Å². The van der Waals surface area contributed by atoms with Crippen molar-refractivity contribution in [3.8, 4) is 0 Å². The van der Waals surface area contributed by atoms with Gasteiger partial charge in [-0.3, -0.25) is 0 Å². The number of nitrogens with one attached hydrogen (secondary N) is 1. The highest BCUT2D eigenvalue weighted by atomic mass is 35.5. The van der Waals surface area contributed by atoms with Crippen LogP contribution in [-0.4, -0.2) is 20.3 Å². The summed E-state index contributed by atoms with van der Waals surface area (Å²) in [4.78, 5) is -1.21. The number of sulfonamides is 1. The monoisotopic (exact) mass is 343 g/mol. The Labute approximate surface area is 127 Å². The quantitative estimate of drug-likeness (QED) is 0.833. The molecule has 21 heavy (non-hydrogen) atoms. The van der Waals surface area contributed by atoms with Crippen LogP contribution in [0.3, 0.4) is 0 Å². The number of hydrogen-bond donors (Lipinski definition) is 1. The van der Waals surface area contributed by atoms with Crippen molar-refractivity contribution in [1.82, 2.24) is 4.72 Å². The van der Waals surface area contributed by atoms with Crippen LogP contribution in [0, 0.1) is 22.9 Å². The van der Waals surface area contributed by atoms with Gasteiger partial charge < -0.3 is 0 Å². The summed E-state index contributed by atoms with van der Waals surface area (Å²) in [6.07, 6.45) is 0.505. The molecule has 0 saturated carbocycles. The van der Waals surface area contributed by atoms with Gasteiger partial charge in [-0.2, -0.15) is 0 Å². The number of hydrogen-bond acceptors (Lipinski definition) is 2. The Hall–Kier alpha value is -0.790. The summed E-state index contributed by atoms with van der Waals surface area (Å²) in [5.74, 6) is -4.16. The summed E-state index contributed by atoms with van der Waals surface area (Å²) in [6.45, 7) is 5.60. The van der Waals surface area contributed by atoms with E-state index in [2.05, 4.69) is 0 Å². The van der Waals surface area contributed by atoms with Gasteiger partial charge in [0.15, 0.2) is 4.90 Å². The van der Waals surface area contributed by atoms with Crippen LogP contribution in [0.25, 0.3) is 0 Å². The molecule has 1 atom stereocenters. The Balaban J connectivity index is 2.89. The summed E-state index contributed by atoms with van der Waals surface area (Å²) >= 11 is 5.99. The molecule has 0 aliphatic carbocycles. The number of benzene rings is 1. The largest absolute Gasteiger partial charge is 0.246 e. The minimum Gasteiger partial charge on any atom is -0.209 e. The molecular weight excluding hydrogens is 327 g/mol. The van der Waals surface area contributed by atoms with E-state index in [9.17, 15) is 21.6 Å². The normalized spacial score (nSPS) is 14.2. The molecule has 1 N–H and O–H groups in total. The molecule has 0 bridgehead atoms. The standard InChI is InChI=1S/C13H17ClF3NO2S/c1-13(2,3)6-8(14)7-18-21(19,20)12-10(16)4-9(15)5-11(12)17/h4-5,8,18H,6-7H2,1-3H3. The Morgan fingerprint density at radius 1 is 1.19 bits per heavy atom. The molecule has 0 heterocycles. The van der Waals surface area contributed by atoms with E-state index < -0.39 is 37.7 Å². The Bertz CT molecular complexity index is 591. The lowest BCUT2D eigenvalue weighted by atomic mass is 9.90. The minimum atomic E-state index is -4.44. The fourth-order valence-corrected chi connectivity index (χ4v) is 3.62. The third kappa shape index (κ3) is 5.48. The van der Waals surface area contributed by atoms with Crippen LogP contribution in [-0.2, 0) is 10.0 Å². The van der Waals surface area contributed by atoms with Crippen LogP contribution in [0.1, 0.15) is 27.2 Å². The van der Waals surface area contributed by atoms with E-state index in [1.54, 1.807) is 0 Å². The first kappa shape index (κ1) is 18.3. The highest BCUT2D eigenvalue weighted by Gasteiger charge is 2.26. The predicted molar refractivity (Wildman–Crippen MR) is 75.2 cm³/mol. The molecule has 1 aromatic rings. The van der Waals surface area contributed by atoms with Crippen molar-refractivity contribution < 1.29 is 21.6 Å². The first-order valence-electron chi connectivity index (χ1n) is 6.21. The first-order chi connectivity index (χ1) is 9.42. The maximum Gasteiger partial charge on any atom is 0.246 e. The number of alkyl halides is 1. The fourth-order valence-electron chi connectivity index (χ4n) is 1.79. The van der Waals surface area contributed by atoms with E-state index in [0.29, 0.717) is 18.6 Å². The van der Waals surface area contributed by atoms with Gasteiger partial charge in [0.2, 0.25) is 10.0 Å². The van der Waals surface area contributed by atoms with E-state index in [4.69, 9.17) is 11.6 Å². The van der Waals surface area contributed by atoms with E-state index >= 15 is 0 Å². The lowest BCUT2D eigenvalue weighted by molar-refractivity contribution is 0.369. The summed E-state index contributed by atoms with van der Waals surface area (Å²) in [5.41, 5.74) is -0.121. The molecule has 120 valence electrons. The van der Waals surface area contributed by atoms with Crippen molar-refractivity contribution in [3.63, 3.8) is 0 Å². The van der Waals surface area contributed by atoms with Crippen molar-refractivity contribution in [1.29, 1.82) is 0 Å². The van der Waals surface area contributed by atoms with E-state index in [1.807, 2.05) is 25.5 Å². The van der Waals surface area contributed by atoms with Crippen LogP contribution in [0.15, 0.2) is 17.0 Å². The molecular formula is C13H17ClF3NO2S. The maximum absolute atomic E-state index is 13.5. The van der Waals surface area contributed by atoms with Crippen LogP contribution in [0.4, 0.5) is 13.2 Å². The number of rotatable bonds is 5. The minimum absolute atomic E-state index is 0.121. The molecule has 1 rings (SSSR count). The molecule has 3 nitrogen and oxygen atoms in total. The van der Waals surface area contributed by atoms with Crippen molar-refractivity contribution >= 4 is 21.6 Å². The lowest BCUT2D eigenvalue weighted by Crippen LogP contribution is -2.32. The van der Waals surface area contributed by atoms with Gasteiger partial charge in [-0.15, -0.1) is 11.6 Å². The average Bonchev–Trinajstić information content (AvgIpc) is 2.22. The van der Waals surface area contributed by atoms with Gasteiger partial charge in [0.1, 0.15) is 17.5 Å². The fraction of sp³-hybridized carbons (Fsp3) is 0.538. The molecule has 0 saturated heterocycles. The second-order valence-corrected chi connectivity index (χ2v) is 8.23. The molecule has 0 aliphatic rings. The Morgan fingerprint density at radius 2 is 1.67 bits per heavy atom. The van der Waals surface area contributed by atoms with Gasteiger partial charge in [-0.25, -0.2) is 26.3 Å². The summed E-state index contributed by atoms with van der Waals surface area (Å²) in [5, 5.41) is -0.536. The van der Waals surface area contributed by atoms with Crippen molar-refractivity contribution in [2.45, 2.75) is 37.5 Å². The summed E-state index contributed by atoms with van der Waals surface area (Å²) in [7, 11) is -4.44. The highest BCUT2D eigenvalue weighted by Crippen LogP contribution is 2.24. The van der Waals surface area contributed by atoms with E-state index in [0.717, 1.165) is 0 Å². The van der Waals surface area contributed by atoms with Crippen molar-refractivity contribution in [3.05, 3.63) is 29.6 Å². The zero-order valence-electron chi connectivity index (χ0n) is 11.9. The molecule has 0 fully saturated rings. The van der Waals surface area contributed by atoms with Gasteiger partial charge in [0, 0.05) is 24.1 Å². The molecule has 8 heteroatoms. The third-order valence-corrected chi connectivity index (χ3v) is 4.34. The van der Waals surface area contributed by atoms with Crippen LogP contribution >= 0.6 is 11.6 Å². The SMILES string of the molecule is CC(C)(C)CC(Cl)CNS(=O)(=O)c1c(F)cc(F)cc1F. The molecule has 1 aromatic carbocycles. The second kappa shape index (κ2) is 6.54. The van der Waals surface area contributed by atoms with Gasteiger partial charge in [-0.05, 0) is 11.8 Å². The predicted octanol–water partition coefficient (Wildman–Crippen LogP) is 3.43. The van der Waals surface area contributed by atoms with E-state index in [1.165, 1.54) is 0 Å². The highest BCUT2D eigenvalue weighted by molar-refractivity contribution is 7.89. The van der Waals surface area contributed by atoms with Gasteiger partial charge in [-0.1, -0.05) is 20.8 Å². The Kier molecular flexibility index (Phi) is 5.69. The first-order valence-corrected chi connectivity index (χ1v) is 8.12. The Morgan fingerprint density at radius 3 is 2.10 bits per heavy atom. The molecule has 0 radical (unpaired) electrons. The molecule has 0 amide bonds. The number of halogens is 4.